The molecule has 0 saturated heterocycles. The molecule has 1 unspecified atom stereocenters. The quantitative estimate of drug-likeness (QED) is 0.911. The number of carbonyl (C=O) groups is 1. The number of aryl methyl sites for hydroxylation is 2. The van der Waals surface area contributed by atoms with Crippen LogP contribution in [0.4, 0.5) is 0 Å². The Morgan fingerprint density at radius 3 is 2.41 bits per heavy atom. The van der Waals surface area contributed by atoms with Crippen LogP contribution in [0.1, 0.15) is 42.9 Å². The number of benzene rings is 1. The van der Waals surface area contributed by atoms with E-state index in [0.29, 0.717) is 6.54 Å². The van der Waals surface area contributed by atoms with E-state index in [2.05, 4.69) is 60.3 Å². The second-order valence-corrected chi connectivity index (χ2v) is 7.03. The standard InChI is InChI=1S/C18H23N3O/c1-12-5-7-14(8-6-12)18(11-17(18,3)4)16(22)20-10-15-19-9-13(2)21-15/h5-9H,10-11H2,1-4H3,(H,19,21)(H,20,22). The Bertz CT molecular complexity index is 699. The van der Waals surface area contributed by atoms with Crippen molar-refractivity contribution in [2.45, 2.75) is 46.1 Å². The van der Waals surface area contributed by atoms with Crippen LogP contribution in [0, 0.1) is 19.3 Å². The van der Waals surface area contributed by atoms with E-state index in [0.717, 1.165) is 23.5 Å². The Labute approximate surface area is 131 Å². The van der Waals surface area contributed by atoms with Crippen molar-refractivity contribution in [3.8, 4) is 0 Å². The van der Waals surface area contributed by atoms with Gasteiger partial charge in [0.05, 0.1) is 12.0 Å². The van der Waals surface area contributed by atoms with E-state index in [9.17, 15) is 4.79 Å². The van der Waals surface area contributed by atoms with Crippen molar-refractivity contribution in [2.75, 3.05) is 0 Å². The van der Waals surface area contributed by atoms with Crippen molar-refractivity contribution in [1.29, 1.82) is 0 Å². The van der Waals surface area contributed by atoms with Crippen LogP contribution in [0.2, 0.25) is 0 Å². The number of nitrogens with one attached hydrogen (secondary N) is 2. The van der Waals surface area contributed by atoms with Gasteiger partial charge in [0.1, 0.15) is 5.82 Å². The van der Waals surface area contributed by atoms with E-state index in [1.165, 1.54) is 5.56 Å². The lowest BCUT2D eigenvalue weighted by Crippen LogP contribution is -2.37. The number of imidazole rings is 1. The molecule has 0 bridgehead atoms. The summed E-state index contributed by atoms with van der Waals surface area (Å²) in [6.45, 7) is 8.77. The molecule has 4 nitrogen and oxygen atoms in total. The zero-order chi connectivity index (χ0) is 16.0. The second kappa shape index (κ2) is 4.97. The van der Waals surface area contributed by atoms with Crippen molar-refractivity contribution in [1.82, 2.24) is 15.3 Å². The van der Waals surface area contributed by atoms with Crippen LogP contribution < -0.4 is 5.32 Å². The number of hydrogen-bond donors (Lipinski definition) is 2. The average molecular weight is 297 g/mol. The fraction of sp³-hybridized carbons (Fsp3) is 0.444. The van der Waals surface area contributed by atoms with Crippen LogP contribution in [0.25, 0.3) is 0 Å². The number of rotatable bonds is 4. The molecule has 3 rings (SSSR count). The summed E-state index contributed by atoms with van der Waals surface area (Å²) in [7, 11) is 0. The van der Waals surface area contributed by atoms with Crippen molar-refractivity contribution in [3.05, 3.63) is 53.1 Å². The highest BCUT2D eigenvalue weighted by Gasteiger charge is 2.66. The fourth-order valence-corrected chi connectivity index (χ4v) is 3.34. The normalized spacial score (nSPS) is 22.4. The summed E-state index contributed by atoms with van der Waals surface area (Å²) < 4.78 is 0. The Balaban J connectivity index is 1.79. The van der Waals surface area contributed by atoms with E-state index < -0.39 is 5.41 Å². The van der Waals surface area contributed by atoms with E-state index in [4.69, 9.17) is 0 Å². The molecule has 1 saturated carbocycles. The number of nitrogens with zero attached hydrogens (tertiary/aromatic N) is 1. The summed E-state index contributed by atoms with van der Waals surface area (Å²) >= 11 is 0. The van der Waals surface area contributed by atoms with E-state index in [1.807, 2.05) is 6.92 Å². The van der Waals surface area contributed by atoms with Gasteiger partial charge in [-0.15, -0.1) is 0 Å². The summed E-state index contributed by atoms with van der Waals surface area (Å²) in [4.78, 5) is 20.2. The zero-order valence-electron chi connectivity index (χ0n) is 13.7. The summed E-state index contributed by atoms with van der Waals surface area (Å²) in [5.74, 6) is 0.888. The van der Waals surface area contributed by atoms with Crippen LogP contribution in [0.3, 0.4) is 0 Å². The molecular weight excluding hydrogens is 274 g/mol. The molecule has 1 aromatic heterocycles. The molecule has 1 aliphatic rings. The number of carbonyl (C=O) groups excluding carboxylic acids is 1. The van der Waals surface area contributed by atoms with Gasteiger partial charge >= 0.3 is 0 Å². The van der Waals surface area contributed by atoms with Gasteiger partial charge in [-0.2, -0.15) is 0 Å². The fourth-order valence-electron chi connectivity index (χ4n) is 3.34. The van der Waals surface area contributed by atoms with Crippen LogP contribution in [-0.2, 0) is 16.8 Å². The Kier molecular flexibility index (Phi) is 3.35. The summed E-state index contributed by atoms with van der Waals surface area (Å²) in [5, 5.41) is 3.05. The molecule has 1 atom stereocenters. The maximum atomic E-state index is 12.9. The lowest BCUT2D eigenvalue weighted by molar-refractivity contribution is -0.124. The van der Waals surface area contributed by atoms with Crippen molar-refractivity contribution < 1.29 is 4.79 Å². The van der Waals surface area contributed by atoms with Gasteiger partial charge < -0.3 is 10.3 Å². The third kappa shape index (κ3) is 2.32. The van der Waals surface area contributed by atoms with E-state index in [1.54, 1.807) is 6.20 Å². The number of H-pyrrole nitrogens is 1. The molecule has 0 aliphatic heterocycles. The predicted octanol–water partition coefficient (Wildman–Crippen LogP) is 3.01. The Morgan fingerprint density at radius 2 is 1.91 bits per heavy atom. The first-order valence-electron chi connectivity index (χ1n) is 7.71. The molecule has 22 heavy (non-hydrogen) atoms. The second-order valence-electron chi connectivity index (χ2n) is 7.03. The Morgan fingerprint density at radius 1 is 1.27 bits per heavy atom. The molecule has 1 amide bonds. The van der Waals surface area contributed by atoms with Crippen molar-refractivity contribution in [2.24, 2.45) is 5.41 Å². The third-order valence-electron chi connectivity index (χ3n) is 4.84. The van der Waals surface area contributed by atoms with E-state index >= 15 is 0 Å². The van der Waals surface area contributed by atoms with Crippen LogP contribution in [0.15, 0.2) is 30.5 Å². The SMILES string of the molecule is Cc1ccc(C2(C(=O)NCc3ncc(C)[nH]3)CC2(C)C)cc1. The van der Waals surface area contributed by atoms with E-state index in [-0.39, 0.29) is 11.3 Å². The molecule has 1 aromatic carbocycles. The molecule has 116 valence electrons. The first-order valence-corrected chi connectivity index (χ1v) is 7.71. The number of amides is 1. The molecule has 1 fully saturated rings. The molecule has 0 spiro atoms. The number of aromatic nitrogens is 2. The number of hydrogen-bond acceptors (Lipinski definition) is 2. The first kappa shape index (κ1) is 14.8. The maximum absolute atomic E-state index is 12.9. The minimum Gasteiger partial charge on any atom is -0.348 e. The Hall–Kier alpha value is -2.10. The highest BCUT2D eigenvalue weighted by atomic mass is 16.2. The van der Waals surface area contributed by atoms with Gasteiger partial charge in [-0.1, -0.05) is 43.7 Å². The van der Waals surface area contributed by atoms with Gasteiger partial charge in [-0.05, 0) is 31.2 Å². The minimum absolute atomic E-state index is 0.00851. The minimum atomic E-state index is -0.414. The van der Waals surface area contributed by atoms with Gasteiger partial charge in [0.2, 0.25) is 5.91 Å². The summed E-state index contributed by atoms with van der Waals surface area (Å²) in [5.41, 5.74) is 2.90. The molecule has 2 aromatic rings. The summed E-state index contributed by atoms with van der Waals surface area (Å²) in [6, 6.07) is 8.32. The highest BCUT2D eigenvalue weighted by Crippen LogP contribution is 2.64. The van der Waals surface area contributed by atoms with Crippen LogP contribution >= 0.6 is 0 Å². The third-order valence-corrected chi connectivity index (χ3v) is 4.84. The van der Waals surface area contributed by atoms with Crippen LogP contribution in [0.5, 0.6) is 0 Å². The van der Waals surface area contributed by atoms with Crippen LogP contribution in [-0.4, -0.2) is 15.9 Å². The first-order chi connectivity index (χ1) is 10.3. The number of aromatic amines is 1. The topological polar surface area (TPSA) is 57.8 Å². The predicted molar refractivity (Wildman–Crippen MR) is 86.4 cm³/mol. The molecule has 4 heteroatoms. The molecule has 1 heterocycles. The molecular formula is C18H23N3O. The average Bonchev–Trinajstić information content (AvgIpc) is 2.84. The van der Waals surface area contributed by atoms with Gasteiger partial charge in [0.15, 0.2) is 0 Å². The van der Waals surface area contributed by atoms with Gasteiger partial charge in [-0.3, -0.25) is 4.79 Å². The van der Waals surface area contributed by atoms with Gasteiger partial charge in [0.25, 0.3) is 0 Å². The maximum Gasteiger partial charge on any atom is 0.231 e. The smallest absolute Gasteiger partial charge is 0.231 e. The summed E-state index contributed by atoms with van der Waals surface area (Å²) in [6.07, 6.45) is 2.66. The highest BCUT2D eigenvalue weighted by molar-refractivity contribution is 5.93. The van der Waals surface area contributed by atoms with Gasteiger partial charge in [0, 0.05) is 11.9 Å². The molecule has 2 N–H and O–H groups in total. The van der Waals surface area contributed by atoms with Crippen molar-refractivity contribution in [3.63, 3.8) is 0 Å². The molecule has 1 aliphatic carbocycles. The molecule has 0 radical (unpaired) electrons. The largest absolute Gasteiger partial charge is 0.348 e. The lowest BCUT2D eigenvalue weighted by Gasteiger charge is -2.20. The zero-order valence-corrected chi connectivity index (χ0v) is 13.7. The monoisotopic (exact) mass is 297 g/mol. The van der Waals surface area contributed by atoms with Gasteiger partial charge in [-0.25, -0.2) is 4.98 Å². The lowest BCUT2D eigenvalue weighted by atomic mass is 9.86. The van der Waals surface area contributed by atoms with Crippen molar-refractivity contribution >= 4 is 5.91 Å².